The summed E-state index contributed by atoms with van der Waals surface area (Å²) in [5.74, 6) is 5.56. The molecule has 0 bridgehead atoms. The van der Waals surface area contributed by atoms with Crippen LogP contribution in [0.15, 0.2) is 24.3 Å². The van der Waals surface area contributed by atoms with E-state index in [0.717, 1.165) is 17.5 Å². The second-order valence-electron chi connectivity index (χ2n) is 4.19. The van der Waals surface area contributed by atoms with Gasteiger partial charge in [-0.25, -0.2) is 0 Å². The molecule has 1 amide bonds. The van der Waals surface area contributed by atoms with Gasteiger partial charge < -0.3 is 10.4 Å². The van der Waals surface area contributed by atoms with Gasteiger partial charge in [0.25, 0.3) is 0 Å². The van der Waals surface area contributed by atoms with Gasteiger partial charge in [0, 0.05) is 18.0 Å². The molecule has 0 radical (unpaired) electrons. The van der Waals surface area contributed by atoms with Crippen LogP contribution in [0.4, 0.5) is 0 Å². The van der Waals surface area contributed by atoms with E-state index in [9.17, 15) is 4.79 Å². The average molecular weight is 245 g/mol. The predicted molar refractivity (Wildman–Crippen MR) is 71.7 cm³/mol. The van der Waals surface area contributed by atoms with E-state index in [-0.39, 0.29) is 18.4 Å². The first-order chi connectivity index (χ1) is 8.67. The molecule has 3 heteroatoms. The zero-order chi connectivity index (χ0) is 13.4. The molecule has 1 unspecified atom stereocenters. The summed E-state index contributed by atoms with van der Waals surface area (Å²) in [6.45, 7) is 4.28. The van der Waals surface area contributed by atoms with Crippen LogP contribution < -0.4 is 5.32 Å². The van der Waals surface area contributed by atoms with Crippen LogP contribution >= 0.6 is 0 Å². The molecule has 1 atom stereocenters. The highest BCUT2D eigenvalue weighted by molar-refractivity contribution is 5.78. The summed E-state index contributed by atoms with van der Waals surface area (Å²) in [6.07, 6.45) is 0.841. The molecule has 0 aliphatic rings. The molecule has 1 aromatic carbocycles. The third-order valence-electron chi connectivity index (χ3n) is 2.77. The third-order valence-corrected chi connectivity index (χ3v) is 2.77. The number of hydrogen-bond acceptors (Lipinski definition) is 2. The minimum absolute atomic E-state index is 0.0439. The van der Waals surface area contributed by atoms with Crippen molar-refractivity contribution in [2.45, 2.75) is 26.8 Å². The Morgan fingerprint density at radius 2 is 2.28 bits per heavy atom. The molecule has 0 spiro atoms. The Morgan fingerprint density at radius 1 is 1.50 bits per heavy atom. The van der Waals surface area contributed by atoms with Crippen molar-refractivity contribution in [1.82, 2.24) is 5.32 Å². The zero-order valence-electron chi connectivity index (χ0n) is 10.9. The number of aliphatic hydroxyl groups excluding tert-OH is 1. The van der Waals surface area contributed by atoms with Crippen LogP contribution in [0.5, 0.6) is 0 Å². The maximum atomic E-state index is 11.6. The van der Waals surface area contributed by atoms with Crippen molar-refractivity contribution >= 4 is 5.91 Å². The summed E-state index contributed by atoms with van der Waals surface area (Å²) in [5, 5.41) is 11.5. The summed E-state index contributed by atoms with van der Waals surface area (Å²) in [4.78, 5) is 11.6. The Kier molecular flexibility index (Phi) is 5.96. The molecular formula is C15H19NO2. The van der Waals surface area contributed by atoms with Gasteiger partial charge in [-0.1, -0.05) is 37.8 Å². The van der Waals surface area contributed by atoms with Crippen LogP contribution in [0.25, 0.3) is 0 Å². The Hall–Kier alpha value is -1.79. The normalized spacial score (nSPS) is 11.3. The van der Waals surface area contributed by atoms with E-state index in [4.69, 9.17) is 5.11 Å². The SMILES string of the molecule is CCC(C)C(=O)NCc1cccc(C#CCO)c1. The van der Waals surface area contributed by atoms with Crippen molar-refractivity contribution in [3.63, 3.8) is 0 Å². The van der Waals surface area contributed by atoms with Crippen molar-refractivity contribution < 1.29 is 9.90 Å². The Morgan fingerprint density at radius 3 is 2.94 bits per heavy atom. The van der Waals surface area contributed by atoms with E-state index in [1.54, 1.807) is 0 Å². The number of amides is 1. The lowest BCUT2D eigenvalue weighted by Gasteiger charge is -2.10. The summed E-state index contributed by atoms with van der Waals surface area (Å²) >= 11 is 0. The second kappa shape index (κ2) is 7.52. The molecule has 0 fully saturated rings. The first-order valence-corrected chi connectivity index (χ1v) is 6.13. The highest BCUT2D eigenvalue weighted by Gasteiger charge is 2.09. The van der Waals surface area contributed by atoms with Gasteiger partial charge in [-0.3, -0.25) is 4.79 Å². The van der Waals surface area contributed by atoms with E-state index in [1.165, 1.54) is 0 Å². The number of hydrogen-bond donors (Lipinski definition) is 2. The minimum Gasteiger partial charge on any atom is -0.384 e. The molecular weight excluding hydrogens is 226 g/mol. The molecule has 0 aromatic heterocycles. The highest BCUT2D eigenvalue weighted by Crippen LogP contribution is 2.05. The smallest absolute Gasteiger partial charge is 0.223 e. The fraction of sp³-hybridized carbons (Fsp3) is 0.400. The largest absolute Gasteiger partial charge is 0.384 e. The maximum absolute atomic E-state index is 11.6. The van der Waals surface area contributed by atoms with Crippen LogP contribution in [-0.2, 0) is 11.3 Å². The fourth-order valence-electron chi connectivity index (χ4n) is 1.45. The van der Waals surface area contributed by atoms with Gasteiger partial charge in [0.2, 0.25) is 5.91 Å². The monoisotopic (exact) mass is 245 g/mol. The fourth-order valence-corrected chi connectivity index (χ4v) is 1.45. The van der Waals surface area contributed by atoms with Gasteiger partial charge >= 0.3 is 0 Å². The molecule has 0 aliphatic carbocycles. The van der Waals surface area contributed by atoms with E-state index in [2.05, 4.69) is 17.2 Å². The first-order valence-electron chi connectivity index (χ1n) is 6.13. The number of carbonyl (C=O) groups is 1. The van der Waals surface area contributed by atoms with E-state index < -0.39 is 0 Å². The summed E-state index contributed by atoms with van der Waals surface area (Å²) < 4.78 is 0. The van der Waals surface area contributed by atoms with Crippen molar-refractivity contribution in [3.8, 4) is 11.8 Å². The van der Waals surface area contributed by atoms with Crippen molar-refractivity contribution in [1.29, 1.82) is 0 Å². The molecule has 1 aromatic rings. The molecule has 0 heterocycles. The lowest BCUT2D eigenvalue weighted by molar-refractivity contribution is -0.124. The molecule has 0 aliphatic heterocycles. The minimum atomic E-state index is -0.144. The van der Waals surface area contributed by atoms with Gasteiger partial charge in [0.05, 0.1) is 0 Å². The number of rotatable bonds is 4. The summed E-state index contributed by atoms with van der Waals surface area (Å²) in [6, 6.07) is 7.63. The van der Waals surface area contributed by atoms with Gasteiger partial charge in [-0.2, -0.15) is 0 Å². The van der Waals surface area contributed by atoms with E-state index >= 15 is 0 Å². The van der Waals surface area contributed by atoms with Gasteiger partial charge in [-0.15, -0.1) is 0 Å². The Bertz CT molecular complexity index is 457. The van der Waals surface area contributed by atoms with Crippen LogP contribution in [0.2, 0.25) is 0 Å². The second-order valence-corrected chi connectivity index (χ2v) is 4.19. The molecule has 3 nitrogen and oxygen atoms in total. The first kappa shape index (κ1) is 14.3. The topological polar surface area (TPSA) is 49.3 Å². The number of carbonyl (C=O) groups excluding carboxylic acids is 1. The molecule has 18 heavy (non-hydrogen) atoms. The molecule has 0 saturated heterocycles. The maximum Gasteiger partial charge on any atom is 0.223 e. The van der Waals surface area contributed by atoms with Crippen LogP contribution in [0.1, 0.15) is 31.4 Å². The van der Waals surface area contributed by atoms with Crippen molar-refractivity contribution in [2.75, 3.05) is 6.61 Å². The molecule has 96 valence electrons. The van der Waals surface area contributed by atoms with Crippen LogP contribution in [0, 0.1) is 17.8 Å². The standard InChI is InChI=1S/C15H19NO2/c1-3-12(2)15(18)16-11-14-7-4-6-13(10-14)8-5-9-17/h4,6-7,10,12,17H,3,9,11H2,1-2H3,(H,16,18). The van der Waals surface area contributed by atoms with Crippen LogP contribution in [0.3, 0.4) is 0 Å². The van der Waals surface area contributed by atoms with Gasteiger partial charge in [0.1, 0.15) is 6.61 Å². The van der Waals surface area contributed by atoms with E-state index in [0.29, 0.717) is 6.54 Å². The number of aliphatic hydroxyl groups is 1. The van der Waals surface area contributed by atoms with Crippen molar-refractivity contribution in [2.24, 2.45) is 5.92 Å². The highest BCUT2D eigenvalue weighted by atomic mass is 16.2. The lowest BCUT2D eigenvalue weighted by atomic mass is 10.1. The molecule has 1 rings (SSSR count). The third kappa shape index (κ3) is 4.60. The zero-order valence-corrected chi connectivity index (χ0v) is 10.9. The number of benzene rings is 1. The molecule has 2 N–H and O–H groups in total. The lowest BCUT2D eigenvalue weighted by Crippen LogP contribution is -2.28. The van der Waals surface area contributed by atoms with E-state index in [1.807, 2.05) is 38.1 Å². The summed E-state index contributed by atoms with van der Waals surface area (Å²) in [7, 11) is 0. The predicted octanol–water partition coefficient (Wildman–Crippen LogP) is 1.69. The molecule has 0 saturated carbocycles. The summed E-state index contributed by atoms with van der Waals surface area (Å²) in [5.41, 5.74) is 1.86. The van der Waals surface area contributed by atoms with Crippen LogP contribution in [-0.4, -0.2) is 17.6 Å². The quantitative estimate of drug-likeness (QED) is 0.793. The number of nitrogens with one attached hydrogen (secondary N) is 1. The Balaban J connectivity index is 2.60. The van der Waals surface area contributed by atoms with Gasteiger partial charge in [0.15, 0.2) is 0 Å². The average Bonchev–Trinajstić information content (AvgIpc) is 2.42. The Labute approximate surface area is 108 Å². The van der Waals surface area contributed by atoms with Gasteiger partial charge in [-0.05, 0) is 24.1 Å². The van der Waals surface area contributed by atoms with Crippen molar-refractivity contribution in [3.05, 3.63) is 35.4 Å².